The summed E-state index contributed by atoms with van der Waals surface area (Å²) in [7, 11) is 0. The van der Waals surface area contributed by atoms with Gasteiger partial charge in [-0.05, 0) is 26.0 Å². The number of hydrogen-bond acceptors (Lipinski definition) is 4. The Bertz CT molecular complexity index is 367. The van der Waals surface area contributed by atoms with E-state index in [1.165, 1.54) is 0 Å². The molecule has 5 nitrogen and oxygen atoms in total. The monoisotopic (exact) mass is 236 g/mol. The molecule has 0 aromatic carbocycles. The molecule has 1 heterocycles. The first-order valence-electron chi connectivity index (χ1n) is 5.92. The van der Waals surface area contributed by atoms with Gasteiger partial charge in [0, 0.05) is 38.1 Å². The largest absolute Gasteiger partial charge is 0.370 e. The summed E-state index contributed by atoms with van der Waals surface area (Å²) >= 11 is 0. The van der Waals surface area contributed by atoms with E-state index in [0.717, 1.165) is 18.8 Å². The zero-order valence-corrected chi connectivity index (χ0v) is 10.4. The molecule has 0 bridgehead atoms. The van der Waals surface area contributed by atoms with Crippen LogP contribution in [0, 0.1) is 0 Å². The number of hydrogen-bond donors (Lipinski definition) is 2. The predicted octanol–water partition coefficient (Wildman–Crippen LogP) is 0.616. The maximum Gasteiger partial charge on any atom is 0.269 e. The van der Waals surface area contributed by atoms with Crippen LogP contribution in [-0.4, -0.2) is 37.1 Å². The highest BCUT2D eigenvalue weighted by atomic mass is 16.1. The molecule has 0 saturated carbocycles. The minimum Gasteiger partial charge on any atom is -0.370 e. The molecule has 17 heavy (non-hydrogen) atoms. The molecule has 0 fully saturated rings. The summed E-state index contributed by atoms with van der Waals surface area (Å²) in [4.78, 5) is 17.8. The van der Waals surface area contributed by atoms with Gasteiger partial charge in [-0.3, -0.25) is 9.78 Å². The van der Waals surface area contributed by atoms with Crippen molar-refractivity contribution in [3.05, 3.63) is 24.0 Å². The second-order valence-electron chi connectivity index (χ2n) is 3.63. The van der Waals surface area contributed by atoms with Crippen LogP contribution in [0.2, 0.25) is 0 Å². The molecule has 0 aliphatic rings. The number of carbonyl (C=O) groups is 1. The lowest BCUT2D eigenvalue weighted by Gasteiger charge is -2.22. The van der Waals surface area contributed by atoms with Crippen LogP contribution in [0.3, 0.4) is 0 Å². The van der Waals surface area contributed by atoms with Gasteiger partial charge in [-0.15, -0.1) is 0 Å². The molecule has 0 saturated heterocycles. The average Bonchev–Trinajstić information content (AvgIpc) is 2.36. The Morgan fingerprint density at radius 3 is 2.88 bits per heavy atom. The van der Waals surface area contributed by atoms with E-state index in [4.69, 9.17) is 5.73 Å². The maximum atomic E-state index is 11.6. The van der Waals surface area contributed by atoms with Gasteiger partial charge in [-0.1, -0.05) is 0 Å². The van der Waals surface area contributed by atoms with Crippen LogP contribution in [-0.2, 0) is 0 Å². The Hall–Kier alpha value is -1.62. The molecule has 94 valence electrons. The number of aromatic nitrogens is 1. The number of nitrogens with zero attached hydrogens (tertiary/aromatic N) is 2. The van der Waals surface area contributed by atoms with Crippen molar-refractivity contribution >= 4 is 11.6 Å². The Morgan fingerprint density at radius 2 is 2.29 bits per heavy atom. The third-order valence-electron chi connectivity index (χ3n) is 2.46. The molecule has 1 amide bonds. The average molecular weight is 236 g/mol. The van der Waals surface area contributed by atoms with Crippen LogP contribution in [0.5, 0.6) is 0 Å². The predicted molar refractivity (Wildman–Crippen MR) is 69.2 cm³/mol. The molecule has 0 aliphatic carbocycles. The molecule has 5 heteroatoms. The maximum absolute atomic E-state index is 11.6. The van der Waals surface area contributed by atoms with Gasteiger partial charge in [0.15, 0.2) is 0 Å². The van der Waals surface area contributed by atoms with Crippen LogP contribution >= 0.6 is 0 Å². The number of nitrogens with two attached hydrogens (primary N) is 1. The van der Waals surface area contributed by atoms with Gasteiger partial charge in [0.1, 0.15) is 5.69 Å². The summed E-state index contributed by atoms with van der Waals surface area (Å²) in [5.41, 5.74) is 6.98. The summed E-state index contributed by atoms with van der Waals surface area (Å²) in [6.45, 7) is 6.76. The summed E-state index contributed by atoms with van der Waals surface area (Å²) < 4.78 is 0. The van der Waals surface area contributed by atoms with Crippen LogP contribution in [0.4, 0.5) is 5.69 Å². The first-order valence-corrected chi connectivity index (χ1v) is 5.92. The lowest BCUT2D eigenvalue weighted by molar-refractivity contribution is 0.0951. The molecule has 1 rings (SSSR count). The number of pyridine rings is 1. The number of anilines is 1. The van der Waals surface area contributed by atoms with Crippen molar-refractivity contribution in [2.75, 3.05) is 31.1 Å². The lowest BCUT2D eigenvalue weighted by Crippen LogP contribution is -2.30. The first kappa shape index (κ1) is 13.4. The summed E-state index contributed by atoms with van der Waals surface area (Å²) in [5, 5.41) is 2.73. The molecule has 0 spiro atoms. The second kappa shape index (κ2) is 6.85. The van der Waals surface area contributed by atoms with E-state index in [2.05, 4.69) is 22.1 Å². The molecule has 0 unspecified atom stereocenters. The molecule has 1 aromatic rings. The van der Waals surface area contributed by atoms with Gasteiger partial charge in [-0.2, -0.15) is 0 Å². The van der Waals surface area contributed by atoms with E-state index >= 15 is 0 Å². The van der Waals surface area contributed by atoms with Gasteiger partial charge in [0.2, 0.25) is 0 Å². The van der Waals surface area contributed by atoms with Gasteiger partial charge in [0.25, 0.3) is 5.91 Å². The van der Waals surface area contributed by atoms with E-state index in [-0.39, 0.29) is 5.91 Å². The van der Waals surface area contributed by atoms with Gasteiger partial charge in [-0.25, -0.2) is 0 Å². The SMILES string of the molecule is CCNC(=O)c1cc(N(CC)CCN)ccn1. The Labute approximate surface area is 102 Å². The molecule has 0 radical (unpaired) electrons. The normalized spacial score (nSPS) is 10.1. The fraction of sp³-hybridized carbons (Fsp3) is 0.500. The number of rotatable bonds is 6. The third kappa shape index (κ3) is 3.71. The molecule has 1 aromatic heterocycles. The Balaban J connectivity index is 2.87. The van der Waals surface area contributed by atoms with Crippen LogP contribution in [0.1, 0.15) is 24.3 Å². The first-order chi connectivity index (χ1) is 8.22. The van der Waals surface area contributed by atoms with Crippen molar-refractivity contribution in [1.82, 2.24) is 10.3 Å². The minimum atomic E-state index is -0.141. The van der Waals surface area contributed by atoms with Crippen molar-refractivity contribution in [2.45, 2.75) is 13.8 Å². The second-order valence-corrected chi connectivity index (χ2v) is 3.63. The summed E-state index contributed by atoms with van der Waals surface area (Å²) in [6, 6.07) is 3.69. The molecule has 0 aliphatic heterocycles. The van der Waals surface area contributed by atoms with Crippen LogP contribution in [0.25, 0.3) is 0 Å². The van der Waals surface area contributed by atoms with E-state index in [0.29, 0.717) is 18.8 Å². The quantitative estimate of drug-likeness (QED) is 0.759. The number of amides is 1. The zero-order valence-electron chi connectivity index (χ0n) is 10.4. The van der Waals surface area contributed by atoms with Crippen molar-refractivity contribution in [2.24, 2.45) is 5.73 Å². The van der Waals surface area contributed by atoms with Crippen molar-refractivity contribution in [1.29, 1.82) is 0 Å². The number of carbonyl (C=O) groups excluding carboxylic acids is 1. The number of likely N-dealkylation sites (N-methyl/N-ethyl adjacent to an activating group) is 1. The molecule has 3 N–H and O–H groups in total. The van der Waals surface area contributed by atoms with Crippen LogP contribution < -0.4 is 16.0 Å². The molecule has 0 atom stereocenters. The lowest BCUT2D eigenvalue weighted by atomic mass is 10.2. The highest BCUT2D eigenvalue weighted by Crippen LogP contribution is 2.13. The third-order valence-corrected chi connectivity index (χ3v) is 2.46. The van der Waals surface area contributed by atoms with Gasteiger partial charge in [0.05, 0.1) is 0 Å². The standard InChI is InChI=1S/C12H20N4O/c1-3-14-12(17)11-9-10(5-7-15-11)16(4-2)8-6-13/h5,7,9H,3-4,6,8,13H2,1-2H3,(H,14,17). The van der Waals surface area contributed by atoms with Crippen molar-refractivity contribution < 1.29 is 4.79 Å². The number of nitrogens with one attached hydrogen (secondary N) is 1. The van der Waals surface area contributed by atoms with Crippen molar-refractivity contribution in [3.63, 3.8) is 0 Å². The van der Waals surface area contributed by atoms with Crippen molar-refractivity contribution in [3.8, 4) is 0 Å². The van der Waals surface area contributed by atoms with E-state index in [9.17, 15) is 4.79 Å². The van der Waals surface area contributed by atoms with E-state index in [1.807, 2.05) is 13.0 Å². The Morgan fingerprint density at radius 1 is 1.53 bits per heavy atom. The van der Waals surface area contributed by atoms with Gasteiger partial charge >= 0.3 is 0 Å². The summed E-state index contributed by atoms with van der Waals surface area (Å²) in [5.74, 6) is -0.141. The van der Waals surface area contributed by atoms with E-state index < -0.39 is 0 Å². The topological polar surface area (TPSA) is 71.2 Å². The summed E-state index contributed by atoms with van der Waals surface area (Å²) in [6.07, 6.45) is 1.65. The fourth-order valence-electron chi connectivity index (χ4n) is 1.62. The Kier molecular flexibility index (Phi) is 5.42. The van der Waals surface area contributed by atoms with Gasteiger partial charge < -0.3 is 16.0 Å². The molecular formula is C12H20N4O. The highest BCUT2D eigenvalue weighted by molar-refractivity contribution is 5.93. The molecular weight excluding hydrogens is 216 g/mol. The minimum absolute atomic E-state index is 0.141. The van der Waals surface area contributed by atoms with Crippen LogP contribution in [0.15, 0.2) is 18.3 Å². The highest BCUT2D eigenvalue weighted by Gasteiger charge is 2.09. The van der Waals surface area contributed by atoms with E-state index in [1.54, 1.807) is 12.3 Å². The fourth-order valence-corrected chi connectivity index (χ4v) is 1.62. The zero-order chi connectivity index (χ0) is 12.7. The smallest absolute Gasteiger partial charge is 0.269 e.